The van der Waals surface area contributed by atoms with E-state index in [1.54, 1.807) is 12.1 Å². The first-order chi connectivity index (χ1) is 11.5. The van der Waals surface area contributed by atoms with Crippen molar-refractivity contribution in [1.82, 2.24) is 14.9 Å². The van der Waals surface area contributed by atoms with E-state index in [4.69, 9.17) is 0 Å². The van der Waals surface area contributed by atoms with Crippen molar-refractivity contribution in [2.75, 3.05) is 19.6 Å². The van der Waals surface area contributed by atoms with Gasteiger partial charge in [0.25, 0.3) is 10.0 Å². The summed E-state index contributed by atoms with van der Waals surface area (Å²) in [7, 11) is -3.38. The first-order valence-electron chi connectivity index (χ1n) is 8.58. The molecule has 2 atom stereocenters. The minimum atomic E-state index is -3.38. The summed E-state index contributed by atoms with van der Waals surface area (Å²) in [6.07, 6.45) is 4.13. The average molecular weight is 408 g/mol. The Bertz CT molecular complexity index is 687. The maximum atomic E-state index is 12.5. The molecular formula is C16H26ClN3O3S2. The molecule has 3 heterocycles. The molecule has 2 unspecified atom stereocenters. The van der Waals surface area contributed by atoms with Gasteiger partial charge < -0.3 is 10.6 Å². The molecule has 0 aliphatic carbocycles. The number of nitrogens with zero attached hydrogens (tertiary/aromatic N) is 1. The lowest BCUT2D eigenvalue weighted by molar-refractivity contribution is -0.121. The lowest BCUT2D eigenvalue weighted by Gasteiger charge is -2.30. The van der Waals surface area contributed by atoms with Gasteiger partial charge in [-0.25, -0.2) is 8.42 Å². The predicted octanol–water partition coefficient (Wildman–Crippen LogP) is 1.75. The summed E-state index contributed by atoms with van der Waals surface area (Å²) >= 11 is 1.21. The van der Waals surface area contributed by atoms with Crippen molar-refractivity contribution < 1.29 is 13.2 Å². The van der Waals surface area contributed by atoms with Crippen molar-refractivity contribution in [2.24, 2.45) is 0 Å². The fraction of sp³-hybridized carbons (Fsp3) is 0.688. The third-order valence-electron chi connectivity index (χ3n) is 4.74. The molecule has 0 bridgehead atoms. The van der Waals surface area contributed by atoms with Gasteiger partial charge in [0, 0.05) is 30.1 Å². The highest BCUT2D eigenvalue weighted by Gasteiger charge is 2.29. The molecule has 25 heavy (non-hydrogen) atoms. The second-order valence-corrected chi connectivity index (χ2v) is 9.90. The zero-order chi connectivity index (χ0) is 17.2. The van der Waals surface area contributed by atoms with Crippen LogP contribution in [0.4, 0.5) is 0 Å². The van der Waals surface area contributed by atoms with E-state index in [1.165, 1.54) is 15.6 Å². The Labute approximate surface area is 159 Å². The molecule has 3 rings (SSSR count). The Hall–Kier alpha value is -0.670. The van der Waals surface area contributed by atoms with E-state index in [1.807, 2.05) is 0 Å². The van der Waals surface area contributed by atoms with Crippen LogP contribution >= 0.6 is 23.7 Å². The molecule has 1 aromatic rings. The van der Waals surface area contributed by atoms with Crippen LogP contribution in [0.25, 0.3) is 0 Å². The summed E-state index contributed by atoms with van der Waals surface area (Å²) in [6.45, 7) is 4.28. The summed E-state index contributed by atoms with van der Waals surface area (Å²) in [5.41, 5.74) is 0. The van der Waals surface area contributed by atoms with Crippen LogP contribution in [0.15, 0.2) is 16.3 Å². The molecular weight excluding hydrogens is 382 g/mol. The quantitative estimate of drug-likeness (QED) is 0.779. The normalized spacial score (nSPS) is 24.7. The van der Waals surface area contributed by atoms with E-state index in [0.717, 1.165) is 37.1 Å². The van der Waals surface area contributed by atoms with E-state index in [-0.39, 0.29) is 36.8 Å². The number of nitrogens with one attached hydrogen (secondary N) is 2. The first-order valence-corrected chi connectivity index (χ1v) is 10.8. The van der Waals surface area contributed by atoms with Crippen LogP contribution in [0, 0.1) is 0 Å². The molecule has 6 nitrogen and oxygen atoms in total. The van der Waals surface area contributed by atoms with E-state index < -0.39 is 10.0 Å². The Morgan fingerprint density at radius 2 is 2.04 bits per heavy atom. The summed E-state index contributed by atoms with van der Waals surface area (Å²) in [5, 5.41) is 6.43. The number of rotatable bonds is 5. The van der Waals surface area contributed by atoms with Gasteiger partial charge in [0.15, 0.2) is 0 Å². The lowest BCUT2D eigenvalue weighted by Crippen LogP contribution is -2.52. The molecule has 0 spiro atoms. The molecule has 2 aliphatic rings. The van der Waals surface area contributed by atoms with E-state index in [0.29, 0.717) is 17.3 Å². The van der Waals surface area contributed by atoms with Crippen LogP contribution < -0.4 is 10.6 Å². The highest BCUT2D eigenvalue weighted by molar-refractivity contribution is 7.91. The Morgan fingerprint density at radius 3 is 2.72 bits per heavy atom. The fourth-order valence-electron chi connectivity index (χ4n) is 3.30. The largest absolute Gasteiger partial charge is 0.352 e. The van der Waals surface area contributed by atoms with Crippen LogP contribution in [0.1, 0.15) is 37.5 Å². The molecule has 0 radical (unpaired) electrons. The second kappa shape index (κ2) is 8.81. The van der Waals surface area contributed by atoms with Gasteiger partial charge in [-0.05, 0) is 51.3 Å². The highest BCUT2D eigenvalue weighted by Crippen LogP contribution is 2.27. The standard InChI is InChI=1S/C16H25N3O3S2.ClH/c1-12-14(5-4-8-17-12)18-15(20)11-13-6-7-16(23-13)24(21,22)19-9-2-3-10-19;/h6-7,12,14,17H,2-5,8-11H2,1H3,(H,18,20);1H. The molecule has 9 heteroatoms. The topological polar surface area (TPSA) is 78.5 Å². The number of hydrogen-bond acceptors (Lipinski definition) is 5. The first kappa shape index (κ1) is 20.6. The fourth-order valence-corrected chi connectivity index (χ4v) is 6.33. The Balaban J connectivity index is 0.00000225. The van der Waals surface area contributed by atoms with Crippen LogP contribution in [0.2, 0.25) is 0 Å². The number of carbonyl (C=O) groups excluding carboxylic acids is 1. The number of amides is 1. The van der Waals surface area contributed by atoms with Crippen LogP contribution in [0.3, 0.4) is 0 Å². The SMILES string of the molecule is CC1NCCCC1NC(=O)Cc1ccc(S(=O)(=O)N2CCCC2)s1.Cl. The number of hydrogen-bond donors (Lipinski definition) is 2. The van der Waals surface area contributed by atoms with Crippen molar-refractivity contribution >= 4 is 39.7 Å². The van der Waals surface area contributed by atoms with Gasteiger partial charge in [-0.3, -0.25) is 4.79 Å². The molecule has 2 N–H and O–H groups in total. The molecule has 2 saturated heterocycles. The highest BCUT2D eigenvalue weighted by atomic mass is 35.5. The predicted molar refractivity (Wildman–Crippen MR) is 102 cm³/mol. The van der Waals surface area contributed by atoms with E-state index >= 15 is 0 Å². The van der Waals surface area contributed by atoms with Gasteiger partial charge in [-0.1, -0.05) is 0 Å². The maximum Gasteiger partial charge on any atom is 0.252 e. The van der Waals surface area contributed by atoms with Crippen LogP contribution in [-0.2, 0) is 21.2 Å². The number of carbonyl (C=O) groups is 1. The number of sulfonamides is 1. The lowest BCUT2D eigenvalue weighted by atomic mass is 10.00. The number of halogens is 1. The summed E-state index contributed by atoms with van der Waals surface area (Å²) in [4.78, 5) is 13.0. The molecule has 0 saturated carbocycles. The van der Waals surface area contributed by atoms with Gasteiger partial charge in [-0.15, -0.1) is 23.7 Å². The second-order valence-electron chi connectivity index (χ2n) is 6.57. The number of piperidine rings is 1. The van der Waals surface area contributed by atoms with Crippen LogP contribution in [-0.4, -0.2) is 50.3 Å². The van der Waals surface area contributed by atoms with Gasteiger partial charge in [0.05, 0.1) is 6.42 Å². The zero-order valence-electron chi connectivity index (χ0n) is 14.4. The van der Waals surface area contributed by atoms with Crippen LogP contribution in [0.5, 0.6) is 0 Å². The summed E-state index contributed by atoms with van der Waals surface area (Å²) in [6, 6.07) is 3.82. The average Bonchev–Trinajstić information content (AvgIpc) is 3.21. The number of thiophene rings is 1. The van der Waals surface area contributed by atoms with Crippen molar-refractivity contribution in [3.63, 3.8) is 0 Å². The van der Waals surface area contributed by atoms with Crippen molar-refractivity contribution in [3.05, 3.63) is 17.0 Å². The molecule has 1 aromatic heterocycles. The molecule has 2 aliphatic heterocycles. The molecule has 142 valence electrons. The summed E-state index contributed by atoms with van der Waals surface area (Å²) in [5.74, 6) is -0.0393. The van der Waals surface area contributed by atoms with Crippen molar-refractivity contribution in [1.29, 1.82) is 0 Å². The monoisotopic (exact) mass is 407 g/mol. The smallest absolute Gasteiger partial charge is 0.252 e. The molecule has 1 amide bonds. The van der Waals surface area contributed by atoms with Gasteiger partial charge in [0.1, 0.15) is 4.21 Å². The minimum Gasteiger partial charge on any atom is -0.352 e. The minimum absolute atomic E-state index is 0. The molecule has 0 aromatic carbocycles. The maximum absolute atomic E-state index is 12.5. The van der Waals surface area contributed by atoms with Gasteiger partial charge in [-0.2, -0.15) is 4.31 Å². The third-order valence-corrected chi connectivity index (χ3v) is 8.19. The zero-order valence-corrected chi connectivity index (χ0v) is 16.8. The van der Waals surface area contributed by atoms with Gasteiger partial charge >= 0.3 is 0 Å². The van der Waals surface area contributed by atoms with E-state index in [2.05, 4.69) is 17.6 Å². The third kappa shape index (κ3) is 4.95. The van der Waals surface area contributed by atoms with Crippen molar-refractivity contribution in [3.8, 4) is 0 Å². The molecule has 2 fully saturated rings. The Morgan fingerprint density at radius 1 is 1.32 bits per heavy atom. The van der Waals surface area contributed by atoms with Gasteiger partial charge in [0.2, 0.25) is 5.91 Å². The van der Waals surface area contributed by atoms with Crippen molar-refractivity contribution in [2.45, 2.75) is 55.3 Å². The summed E-state index contributed by atoms with van der Waals surface area (Å²) < 4.78 is 26.9. The van der Waals surface area contributed by atoms with E-state index in [9.17, 15) is 13.2 Å². The Kier molecular flexibility index (Phi) is 7.28.